The van der Waals surface area contributed by atoms with E-state index < -0.39 is 0 Å². The van der Waals surface area contributed by atoms with Crippen molar-refractivity contribution in [3.8, 4) is 0 Å². The second-order valence-electron chi connectivity index (χ2n) is 7.72. The number of hydrogen-bond donors (Lipinski definition) is 1. The van der Waals surface area contributed by atoms with Gasteiger partial charge in [-0.25, -0.2) is 9.97 Å². The van der Waals surface area contributed by atoms with Gasteiger partial charge >= 0.3 is 0 Å². The number of hydrogen-bond acceptors (Lipinski definition) is 8. The molecule has 2 heterocycles. The molecular weight excluding hydrogens is 414 g/mol. The zero-order chi connectivity index (χ0) is 21.1. The number of anilines is 2. The first-order valence-corrected chi connectivity index (χ1v) is 11.9. The summed E-state index contributed by atoms with van der Waals surface area (Å²) < 4.78 is 0. The molecule has 3 aromatic rings. The minimum atomic E-state index is 0.303. The fourth-order valence-electron chi connectivity index (χ4n) is 2.90. The van der Waals surface area contributed by atoms with Gasteiger partial charge in [0.05, 0.1) is 0 Å². The number of carbonyl (C=O) groups excluding carboxylic acids is 1. The molecule has 0 bridgehead atoms. The summed E-state index contributed by atoms with van der Waals surface area (Å²) in [6.07, 6.45) is 5.26. The molecule has 6 nitrogen and oxygen atoms in total. The second kappa shape index (κ2) is 9.22. The lowest BCUT2D eigenvalue weighted by molar-refractivity contribution is -0.119. The number of aromatic nitrogens is 4. The van der Waals surface area contributed by atoms with Crippen molar-refractivity contribution in [1.29, 1.82) is 0 Å². The minimum absolute atomic E-state index is 0.303. The maximum absolute atomic E-state index is 12.0. The molecule has 30 heavy (non-hydrogen) atoms. The Labute approximate surface area is 185 Å². The fourth-order valence-corrected chi connectivity index (χ4v) is 4.47. The van der Waals surface area contributed by atoms with Crippen LogP contribution in [0.1, 0.15) is 55.8 Å². The predicted molar refractivity (Wildman–Crippen MR) is 121 cm³/mol. The van der Waals surface area contributed by atoms with Crippen molar-refractivity contribution < 1.29 is 4.79 Å². The average molecular weight is 440 g/mol. The van der Waals surface area contributed by atoms with Gasteiger partial charge in [0.25, 0.3) is 0 Å². The smallest absolute Gasteiger partial charge is 0.233 e. The molecule has 1 fully saturated rings. The molecule has 2 aromatic heterocycles. The highest BCUT2D eigenvalue weighted by molar-refractivity contribution is 7.99. The van der Waals surface area contributed by atoms with E-state index in [-0.39, 0.29) is 0 Å². The summed E-state index contributed by atoms with van der Waals surface area (Å²) in [7, 11) is 0. The summed E-state index contributed by atoms with van der Waals surface area (Å²) in [5, 5.41) is 4.65. The highest BCUT2D eigenvalue weighted by Gasteiger charge is 2.29. The quantitative estimate of drug-likeness (QED) is 0.476. The Bertz CT molecular complexity index is 1030. The number of thiazole rings is 1. The normalized spacial score (nSPS) is 13.6. The number of ketones is 1. The Hall–Kier alpha value is -2.32. The van der Waals surface area contributed by atoms with Crippen LogP contribution in [-0.2, 0) is 17.6 Å². The largest absolute Gasteiger partial charge is 0.300 e. The fraction of sp³-hybridized carbons (Fsp3) is 0.409. The van der Waals surface area contributed by atoms with Crippen molar-refractivity contribution >= 4 is 40.0 Å². The Balaban J connectivity index is 1.46. The molecule has 156 valence electrons. The molecule has 0 saturated heterocycles. The number of rotatable bonds is 9. The second-order valence-corrected chi connectivity index (χ2v) is 9.83. The lowest BCUT2D eigenvalue weighted by atomic mass is 10.1. The standard InChI is InChI=1S/C22H25N5OS2/c1-4-19-24-20(26-21-23-12-18(30-21)13(2)3)27-22(25-19)29-16-9-5-14(6-10-16)11-17(28)15-7-8-15/h5-6,9-10,12-13,15H,4,7-8,11H2,1-3H3,(H,23,24,25,26,27). The maximum Gasteiger partial charge on any atom is 0.233 e. The van der Waals surface area contributed by atoms with E-state index in [4.69, 9.17) is 0 Å². The molecule has 0 atom stereocenters. The van der Waals surface area contributed by atoms with Gasteiger partial charge in [-0.1, -0.05) is 32.9 Å². The maximum atomic E-state index is 12.0. The Morgan fingerprint density at radius 2 is 1.97 bits per heavy atom. The van der Waals surface area contributed by atoms with Crippen molar-refractivity contribution in [2.75, 3.05) is 5.32 Å². The molecule has 8 heteroatoms. The summed E-state index contributed by atoms with van der Waals surface area (Å²) in [5.74, 6) is 2.36. The topological polar surface area (TPSA) is 80.7 Å². The van der Waals surface area contributed by atoms with Crippen LogP contribution < -0.4 is 5.32 Å². The van der Waals surface area contributed by atoms with Crippen molar-refractivity contribution in [3.05, 3.63) is 46.7 Å². The number of nitrogens with one attached hydrogen (secondary N) is 1. The molecule has 0 spiro atoms. The summed E-state index contributed by atoms with van der Waals surface area (Å²) >= 11 is 3.11. The monoisotopic (exact) mass is 439 g/mol. The third-order valence-electron chi connectivity index (χ3n) is 4.83. The van der Waals surface area contributed by atoms with E-state index in [2.05, 4.69) is 39.1 Å². The van der Waals surface area contributed by atoms with E-state index in [0.717, 1.165) is 40.7 Å². The summed E-state index contributed by atoms with van der Waals surface area (Å²) in [5.41, 5.74) is 1.06. The zero-order valence-electron chi connectivity index (χ0n) is 17.4. The van der Waals surface area contributed by atoms with Crippen LogP contribution in [0.2, 0.25) is 0 Å². The van der Waals surface area contributed by atoms with Gasteiger partial charge in [-0.2, -0.15) is 9.97 Å². The van der Waals surface area contributed by atoms with Gasteiger partial charge in [-0.15, -0.1) is 11.3 Å². The molecule has 0 aliphatic heterocycles. The van der Waals surface area contributed by atoms with Gasteiger partial charge in [0, 0.05) is 34.7 Å². The van der Waals surface area contributed by atoms with E-state index in [0.29, 0.717) is 35.1 Å². The van der Waals surface area contributed by atoms with E-state index in [9.17, 15) is 4.79 Å². The highest BCUT2D eigenvalue weighted by atomic mass is 32.2. The Kier molecular flexibility index (Phi) is 6.43. The number of benzene rings is 1. The lowest BCUT2D eigenvalue weighted by Gasteiger charge is -2.07. The van der Waals surface area contributed by atoms with Crippen molar-refractivity contribution in [1.82, 2.24) is 19.9 Å². The average Bonchev–Trinajstić information content (AvgIpc) is 3.48. The summed E-state index contributed by atoms with van der Waals surface area (Å²) in [6.45, 7) is 6.33. The molecule has 0 amide bonds. The summed E-state index contributed by atoms with van der Waals surface area (Å²) in [4.78, 5) is 32.3. The number of aryl methyl sites for hydroxylation is 1. The molecule has 1 saturated carbocycles. The van der Waals surface area contributed by atoms with Crippen LogP contribution in [0, 0.1) is 5.92 Å². The van der Waals surface area contributed by atoms with Gasteiger partial charge < -0.3 is 0 Å². The van der Waals surface area contributed by atoms with Crippen LogP contribution in [0.5, 0.6) is 0 Å². The minimum Gasteiger partial charge on any atom is -0.300 e. The van der Waals surface area contributed by atoms with Crippen LogP contribution in [0.15, 0.2) is 40.5 Å². The van der Waals surface area contributed by atoms with Gasteiger partial charge in [0.1, 0.15) is 11.6 Å². The zero-order valence-corrected chi connectivity index (χ0v) is 19.0. The van der Waals surface area contributed by atoms with Crippen LogP contribution in [0.25, 0.3) is 0 Å². The van der Waals surface area contributed by atoms with Gasteiger partial charge in [0.15, 0.2) is 10.3 Å². The summed E-state index contributed by atoms with van der Waals surface area (Å²) in [6, 6.07) is 8.09. The molecule has 1 aromatic carbocycles. The van der Waals surface area contributed by atoms with Gasteiger partial charge in [-0.05, 0) is 48.2 Å². The van der Waals surface area contributed by atoms with Crippen LogP contribution in [0.4, 0.5) is 11.1 Å². The Morgan fingerprint density at radius 3 is 2.60 bits per heavy atom. The first-order chi connectivity index (χ1) is 14.5. The first-order valence-electron chi connectivity index (χ1n) is 10.3. The third kappa shape index (κ3) is 5.43. The van der Waals surface area contributed by atoms with E-state index in [1.165, 1.54) is 16.6 Å². The molecule has 0 radical (unpaired) electrons. The highest BCUT2D eigenvalue weighted by Crippen LogP contribution is 2.32. The number of carbonyl (C=O) groups is 1. The number of Topliss-reactive ketones (excluding diaryl/α,β-unsaturated/α-hetero) is 1. The third-order valence-corrected chi connectivity index (χ3v) is 6.92. The van der Waals surface area contributed by atoms with Crippen molar-refractivity contribution in [2.24, 2.45) is 5.92 Å². The van der Waals surface area contributed by atoms with Crippen LogP contribution in [-0.4, -0.2) is 25.7 Å². The molecule has 1 aliphatic rings. The SMILES string of the molecule is CCc1nc(Nc2ncc(C(C)C)s2)nc(Sc2ccc(CC(=O)C3CC3)cc2)n1. The van der Waals surface area contributed by atoms with Crippen LogP contribution >= 0.6 is 23.1 Å². The van der Waals surface area contributed by atoms with E-state index in [1.54, 1.807) is 11.3 Å². The van der Waals surface area contributed by atoms with Crippen molar-refractivity contribution in [3.63, 3.8) is 0 Å². The molecular formula is C22H25N5OS2. The van der Waals surface area contributed by atoms with Crippen LogP contribution in [0.3, 0.4) is 0 Å². The predicted octanol–water partition coefficient (Wildman–Crippen LogP) is 5.43. The van der Waals surface area contributed by atoms with Gasteiger partial charge in [0.2, 0.25) is 5.95 Å². The van der Waals surface area contributed by atoms with Gasteiger partial charge in [-0.3, -0.25) is 10.1 Å². The number of nitrogens with zero attached hydrogens (tertiary/aromatic N) is 4. The molecule has 0 unspecified atom stereocenters. The lowest BCUT2D eigenvalue weighted by Crippen LogP contribution is -2.04. The Morgan fingerprint density at radius 1 is 1.20 bits per heavy atom. The molecule has 4 rings (SSSR count). The van der Waals surface area contributed by atoms with Crippen molar-refractivity contribution in [2.45, 2.75) is 62.4 Å². The molecule has 1 N–H and O–H groups in total. The van der Waals surface area contributed by atoms with E-state index in [1.807, 2.05) is 37.4 Å². The first kappa shape index (κ1) is 20.9. The van der Waals surface area contributed by atoms with E-state index >= 15 is 0 Å². The molecule has 1 aliphatic carbocycles.